The van der Waals surface area contributed by atoms with E-state index in [1.807, 2.05) is 59.2 Å². The third-order valence-corrected chi connectivity index (χ3v) is 7.02. The lowest BCUT2D eigenvalue weighted by atomic mass is 9.95. The predicted molar refractivity (Wildman–Crippen MR) is 122 cm³/mol. The molecular formula is C22H24N4O2S2. The van der Waals surface area contributed by atoms with Crippen LogP contribution in [0.25, 0.3) is 6.08 Å². The predicted octanol–water partition coefficient (Wildman–Crippen LogP) is 3.76. The average Bonchev–Trinajstić information content (AvgIpc) is 3.29. The number of carbonyl (C=O) groups is 2. The van der Waals surface area contributed by atoms with E-state index < -0.39 is 6.04 Å². The van der Waals surface area contributed by atoms with Crippen LogP contribution in [0.3, 0.4) is 0 Å². The first-order chi connectivity index (χ1) is 14.5. The number of hydrogen-bond acceptors (Lipinski definition) is 5. The number of carbonyl (C=O) groups excluding carboxylic acids is 2. The largest absolute Gasteiger partial charge is 0.351 e. The Kier molecular flexibility index (Phi) is 6.06. The molecule has 2 atom stereocenters. The highest BCUT2D eigenvalue weighted by atomic mass is 32.2. The number of thiocarbonyl (C=S) groups is 1. The molecule has 8 heteroatoms. The molecule has 0 N–H and O–H groups in total. The van der Waals surface area contributed by atoms with Gasteiger partial charge in [0.15, 0.2) is 0 Å². The van der Waals surface area contributed by atoms with E-state index in [1.165, 1.54) is 16.7 Å². The fraction of sp³-hybridized carbons (Fsp3) is 0.364. The second-order valence-corrected chi connectivity index (χ2v) is 9.28. The van der Waals surface area contributed by atoms with Gasteiger partial charge in [-0.3, -0.25) is 19.5 Å². The molecule has 156 valence electrons. The minimum atomic E-state index is -0.644. The molecule has 2 aromatic heterocycles. The van der Waals surface area contributed by atoms with Crippen LogP contribution in [0, 0.1) is 0 Å². The second kappa shape index (κ2) is 8.73. The van der Waals surface area contributed by atoms with E-state index in [9.17, 15) is 9.59 Å². The van der Waals surface area contributed by atoms with Gasteiger partial charge in [-0.1, -0.05) is 30.0 Å². The normalized spacial score (nSPS) is 22.1. The summed E-state index contributed by atoms with van der Waals surface area (Å²) in [4.78, 5) is 34.7. The molecule has 2 fully saturated rings. The molecule has 2 amide bonds. The molecule has 4 rings (SSSR count). The van der Waals surface area contributed by atoms with Gasteiger partial charge in [-0.2, -0.15) is 0 Å². The number of nitrogens with zero attached hydrogens (tertiary/aromatic N) is 4. The van der Waals surface area contributed by atoms with Gasteiger partial charge >= 0.3 is 0 Å². The number of thioether (sulfide) groups is 1. The molecule has 6 nitrogen and oxygen atoms in total. The maximum atomic E-state index is 13.5. The number of rotatable bonds is 4. The zero-order valence-corrected chi connectivity index (χ0v) is 18.7. The standard InChI is InChI=1S/C22H24N4O2S2/c1-15(20(27)25-12-4-3-9-18(25)16-7-5-10-23-14-16)26-21(28)19(30-22(26)29)13-17-8-6-11-24(17)2/h5-8,10-11,13-15,18H,3-4,9,12H2,1-2H3. The molecule has 30 heavy (non-hydrogen) atoms. The lowest BCUT2D eigenvalue weighted by Crippen LogP contribution is -2.51. The summed E-state index contributed by atoms with van der Waals surface area (Å²) in [6.45, 7) is 2.45. The summed E-state index contributed by atoms with van der Waals surface area (Å²) < 4.78 is 2.36. The van der Waals surface area contributed by atoms with E-state index in [4.69, 9.17) is 12.2 Å². The summed E-state index contributed by atoms with van der Waals surface area (Å²) in [5.41, 5.74) is 1.95. The first kappa shape index (κ1) is 20.8. The smallest absolute Gasteiger partial charge is 0.266 e. The third kappa shape index (κ3) is 3.94. The summed E-state index contributed by atoms with van der Waals surface area (Å²) in [5, 5.41) is 0. The first-order valence-electron chi connectivity index (χ1n) is 10.1. The maximum Gasteiger partial charge on any atom is 0.266 e. The third-order valence-electron chi connectivity index (χ3n) is 5.69. The van der Waals surface area contributed by atoms with Gasteiger partial charge in [0, 0.05) is 37.9 Å². The van der Waals surface area contributed by atoms with Crippen molar-refractivity contribution >= 4 is 46.2 Å². The molecule has 0 aliphatic carbocycles. The molecule has 2 aliphatic rings. The van der Waals surface area contributed by atoms with E-state index in [1.54, 1.807) is 13.1 Å². The van der Waals surface area contributed by atoms with Gasteiger partial charge in [-0.25, -0.2) is 0 Å². The fourth-order valence-corrected chi connectivity index (χ4v) is 5.44. The van der Waals surface area contributed by atoms with Gasteiger partial charge < -0.3 is 9.47 Å². The van der Waals surface area contributed by atoms with Crippen LogP contribution in [0.4, 0.5) is 0 Å². The summed E-state index contributed by atoms with van der Waals surface area (Å²) in [6, 6.07) is 7.11. The highest BCUT2D eigenvalue weighted by Crippen LogP contribution is 2.36. The first-order valence-corrected chi connectivity index (χ1v) is 11.3. The van der Waals surface area contributed by atoms with Crippen molar-refractivity contribution in [2.75, 3.05) is 6.54 Å². The molecule has 4 heterocycles. The Morgan fingerprint density at radius 3 is 2.87 bits per heavy atom. The van der Waals surface area contributed by atoms with E-state index in [0.717, 1.165) is 30.5 Å². The maximum absolute atomic E-state index is 13.5. The molecule has 2 saturated heterocycles. The summed E-state index contributed by atoms with van der Waals surface area (Å²) in [6.07, 6.45) is 10.2. The van der Waals surface area contributed by atoms with Crippen LogP contribution >= 0.6 is 24.0 Å². The number of pyridine rings is 1. The van der Waals surface area contributed by atoms with Crippen molar-refractivity contribution in [1.29, 1.82) is 0 Å². The highest BCUT2D eigenvalue weighted by molar-refractivity contribution is 8.26. The summed E-state index contributed by atoms with van der Waals surface area (Å²) in [7, 11) is 1.92. The fourth-order valence-electron chi connectivity index (χ4n) is 4.04. The van der Waals surface area contributed by atoms with Gasteiger partial charge in [0.25, 0.3) is 5.91 Å². The Bertz CT molecular complexity index is 1000. The number of likely N-dealkylation sites (tertiary alicyclic amines) is 1. The highest BCUT2D eigenvalue weighted by Gasteiger charge is 2.41. The van der Waals surface area contributed by atoms with E-state index in [2.05, 4.69) is 4.98 Å². The van der Waals surface area contributed by atoms with Crippen molar-refractivity contribution in [2.45, 2.75) is 38.3 Å². The number of piperidine rings is 1. The topological polar surface area (TPSA) is 58.4 Å². The average molecular weight is 441 g/mol. The number of aromatic nitrogens is 2. The van der Waals surface area contributed by atoms with Crippen molar-refractivity contribution < 1.29 is 9.59 Å². The Morgan fingerprint density at radius 1 is 1.33 bits per heavy atom. The lowest BCUT2D eigenvalue weighted by Gasteiger charge is -2.38. The molecule has 2 aromatic rings. The Hall–Kier alpha value is -2.45. The number of amides is 2. The molecule has 2 aliphatic heterocycles. The van der Waals surface area contributed by atoms with Crippen LogP contribution in [0.1, 0.15) is 43.5 Å². The number of hydrogen-bond donors (Lipinski definition) is 0. The molecule has 2 unspecified atom stereocenters. The van der Waals surface area contributed by atoms with Crippen LogP contribution in [0.2, 0.25) is 0 Å². The zero-order chi connectivity index (χ0) is 21.3. The van der Waals surface area contributed by atoms with Gasteiger partial charge in [0.05, 0.1) is 10.9 Å². The van der Waals surface area contributed by atoms with Crippen LogP contribution < -0.4 is 0 Å². The number of aryl methyl sites for hydroxylation is 1. The molecule has 0 aromatic carbocycles. The minimum absolute atomic E-state index is 0.0142. The van der Waals surface area contributed by atoms with E-state index in [0.29, 0.717) is 15.8 Å². The Balaban J connectivity index is 1.55. The Labute approximate surface area is 185 Å². The van der Waals surface area contributed by atoms with E-state index >= 15 is 0 Å². The van der Waals surface area contributed by atoms with Gasteiger partial charge in [0.1, 0.15) is 10.4 Å². The monoisotopic (exact) mass is 440 g/mol. The summed E-state index contributed by atoms with van der Waals surface area (Å²) >= 11 is 6.74. The van der Waals surface area contributed by atoms with Crippen molar-refractivity contribution in [3.05, 3.63) is 59.0 Å². The van der Waals surface area contributed by atoms with Gasteiger partial charge in [-0.15, -0.1) is 0 Å². The molecule has 0 saturated carbocycles. The van der Waals surface area contributed by atoms with Crippen molar-refractivity contribution in [1.82, 2.24) is 19.4 Å². The van der Waals surface area contributed by atoms with Crippen LogP contribution in [0.15, 0.2) is 47.8 Å². The van der Waals surface area contributed by atoms with Crippen LogP contribution in [-0.2, 0) is 16.6 Å². The molecule has 0 spiro atoms. The SMILES string of the molecule is CC(C(=O)N1CCCCC1c1cccnc1)N1C(=O)C(=Cc2cccn2C)SC1=S. The lowest BCUT2D eigenvalue weighted by molar-refractivity contribution is -0.142. The Morgan fingerprint density at radius 2 is 2.17 bits per heavy atom. The minimum Gasteiger partial charge on any atom is -0.351 e. The molecular weight excluding hydrogens is 416 g/mol. The second-order valence-electron chi connectivity index (χ2n) is 7.60. The molecule has 0 radical (unpaired) electrons. The zero-order valence-electron chi connectivity index (χ0n) is 17.0. The van der Waals surface area contributed by atoms with E-state index in [-0.39, 0.29) is 17.9 Å². The quantitative estimate of drug-likeness (QED) is 0.535. The van der Waals surface area contributed by atoms with Crippen molar-refractivity contribution in [3.63, 3.8) is 0 Å². The molecule has 0 bridgehead atoms. The van der Waals surface area contributed by atoms with Gasteiger partial charge in [0.2, 0.25) is 5.91 Å². The van der Waals surface area contributed by atoms with Crippen molar-refractivity contribution in [2.24, 2.45) is 7.05 Å². The van der Waals surface area contributed by atoms with Crippen LogP contribution in [-0.4, -0.2) is 48.1 Å². The van der Waals surface area contributed by atoms with Crippen molar-refractivity contribution in [3.8, 4) is 0 Å². The van der Waals surface area contributed by atoms with Crippen LogP contribution in [0.5, 0.6) is 0 Å². The van der Waals surface area contributed by atoms with Gasteiger partial charge in [-0.05, 0) is 56.0 Å². The summed E-state index contributed by atoms with van der Waals surface area (Å²) in [5.74, 6) is -0.276.